The van der Waals surface area contributed by atoms with E-state index < -0.39 is 34.9 Å². The van der Waals surface area contributed by atoms with Gasteiger partial charge >= 0.3 is 10.8 Å². The summed E-state index contributed by atoms with van der Waals surface area (Å²) in [6.45, 7) is 1.62. The number of nitrogens with zero attached hydrogens (tertiary/aromatic N) is 1. The van der Waals surface area contributed by atoms with Crippen molar-refractivity contribution in [3.63, 3.8) is 0 Å². The molecule has 5 aromatic rings. The van der Waals surface area contributed by atoms with E-state index in [9.17, 15) is 24.0 Å². The molecule has 1 aromatic heterocycles. The Labute approximate surface area is 276 Å². The first-order valence-corrected chi connectivity index (χ1v) is 16.6. The second kappa shape index (κ2) is 12.5. The van der Waals surface area contributed by atoms with Crippen LogP contribution >= 0.6 is 23.1 Å². The van der Waals surface area contributed by atoms with Crippen LogP contribution in [0.25, 0.3) is 10.8 Å². The molecule has 7 rings (SSSR count). The van der Waals surface area contributed by atoms with E-state index in [0.717, 1.165) is 38.8 Å². The molecule has 2 aliphatic heterocycles. The number of para-hydroxylation sites is 1. The third-order valence-corrected chi connectivity index (χ3v) is 10.5. The Kier molecular flexibility index (Phi) is 8.12. The van der Waals surface area contributed by atoms with Crippen LogP contribution in [0, 0.1) is 5.92 Å². The molecule has 12 heteroatoms. The van der Waals surface area contributed by atoms with Crippen molar-refractivity contribution in [2.24, 2.45) is 5.92 Å². The monoisotopic (exact) mass is 665 g/mol. The molecule has 0 aliphatic carbocycles. The van der Waals surface area contributed by atoms with E-state index >= 15 is 0 Å². The maximum Gasteiger partial charge on any atom is 0.338 e. The molecule has 0 bridgehead atoms. The van der Waals surface area contributed by atoms with Crippen molar-refractivity contribution in [1.29, 1.82) is 0 Å². The van der Waals surface area contributed by atoms with Gasteiger partial charge in [-0.25, -0.2) is 9.69 Å². The fraction of sp³-hybridized carbons (Fsp3) is 0.171. The van der Waals surface area contributed by atoms with Gasteiger partial charge in [-0.1, -0.05) is 77.7 Å². The Bertz CT molecular complexity index is 2100. The number of carbonyl (C=O) groups excluding carboxylic acids is 4. The number of rotatable bonds is 8. The number of ether oxygens (including phenoxy) is 2. The molecule has 3 amide bonds. The molecule has 2 N–H and O–H groups in total. The fourth-order valence-corrected chi connectivity index (χ4v) is 8.61. The minimum Gasteiger partial charge on any atom is -0.483 e. The second-order valence-corrected chi connectivity index (χ2v) is 13.1. The highest BCUT2D eigenvalue weighted by molar-refractivity contribution is 8.00. The van der Waals surface area contributed by atoms with Crippen LogP contribution in [0.15, 0.2) is 101 Å². The molecule has 3 heterocycles. The number of carbonyl (C=O) groups is 4. The van der Waals surface area contributed by atoms with Gasteiger partial charge in [0.25, 0.3) is 5.91 Å². The molecular formula is C35H27N3O7S2. The highest BCUT2D eigenvalue weighted by Gasteiger charge is 2.56. The molecule has 2 aliphatic rings. The Hall–Kier alpha value is -5.20. The molecule has 0 saturated carbocycles. The van der Waals surface area contributed by atoms with Crippen molar-refractivity contribution >= 4 is 68.9 Å². The van der Waals surface area contributed by atoms with Gasteiger partial charge < -0.3 is 19.8 Å². The number of thioether (sulfide) groups is 1. The first-order valence-electron chi connectivity index (χ1n) is 14.9. The van der Waals surface area contributed by atoms with Crippen LogP contribution in [0.5, 0.6) is 5.75 Å². The predicted octanol–water partition coefficient (Wildman–Crippen LogP) is 5.58. The standard InChI is InChI=1S/C35H27N3O7S2/c1-2-44-34(42)20-14-16-21(17-15-20)38-32(40)28-27(29-31(37-35(43)47-29)46-30(28)33(38)41)23-11-5-6-13-25(23)45-18-26(39)36-24-12-7-9-19-8-3-4-10-22(19)24/h3-17,27-28,30H,2,18H2,1H3,(H,36,39)(H,37,43). The summed E-state index contributed by atoms with van der Waals surface area (Å²) in [4.78, 5) is 70.1. The van der Waals surface area contributed by atoms with E-state index in [1.807, 2.05) is 42.5 Å². The van der Waals surface area contributed by atoms with Crippen LogP contribution in [0.2, 0.25) is 0 Å². The van der Waals surface area contributed by atoms with Crippen LogP contribution in [0.3, 0.4) is 0 Å². The van der Waals surface area contributed by atoms with Gasteiger partial charge in [-0.05, 0) is 48.7 Å². The third-order valence-electron chi connectivity index (χ3n) is 8.14. The zero-order chi connectivity index (χ0) is 32.7. The number of thiazole rings is 1. The Balaban J connectivity index is 1.18. The first kappa shape index (κ1) is 30.5. The van der Waals surface area contributed by atoms with E-state index in [1.54, 1.807) is 43.3 Å². The average Bonchev–Trinajstić information content (AvgIpc) is 3.58. The summed E-state index contributed by atoms with van der Waals surface area (Å²) in [6.07, 6.45) is 0. The summed E-state index contributed by atoms with van der Waals surface area (Å²) in [7, 11) is 0. The number of hydrogen-bond acceptors (Lipinski definition) is 9. The molecule has 10 nitrogen and oxygen atoms in total. The number of nitrogens with one attached hydrogen (secondary N) is 2. The number of fused-ring (bicyclic) bond motifs is 3. The van der Waals surface area contributed by atoms with Crippen LogP contribution in [0.4, 0.5) is 11.4 Å². The number of hydrogen-bond donors (Lipinski definition) is 2. The Morgan fingerprint density at radius 3 is 2.45 bits per heavy atom. The quantitative estimate of drug-likeness (QED) is 0.162. The smallest absolute Gasteiger partial charge is 0.338 e. The number of aromatic amines is 1. The van der Waals surface area contributed by atoms with Crippen molar-refractivity contribution in [2.45, 2.75) is 23.1 Å². The third kappa shape index (κ3) is 5.59. The van der Waals surface area contributed by atoms with Gasteiger partial charge in [-0.3, -0.25) is 19.2 Å². The van der Waals surface area contributed by atoms with E-state index in [4.69, 9.17) is 9.47 Å². The summed E-state index contributed by atoms with van der Waals surface area (Å²) in [6, 6.07) is 26.5. The van der Waals surface area contributed by atoms with Crippen LogP contribution in [0.1, 0.15) is 33.6 Å². The number of aromatic nitrogens is 1. The maximum absolute atomic E-state index is 14.2. The second-order valence-electron chi connectivity index (χ2n) is 10.9. The predicted molar refractivity (Wildman–Crippen MR) is 179 cm³/mol. The lowest BCUT2D eigenvalue weighted by Crippen LogP contribution is -2.32. The normalized spacial score (nSPS) is 18.5. The lowest BCUT2D eigenvalue weighted by Gasteiger charge is -2.30. The van der Waals surface area contributed by atoms with Gasteiger partial charge in [-0.15, -0.1) is 0 Å². The van der Waals surface area contributed by atoms with Crippen molar-refractivity contribution in [3.05, 3.63) is 117 Å². The number of benzene rings is 4. The summed E-state index contributed by atoms with van der Waals surface area (Å²) in [5, 5.41) is 4.51. The van der Waals surface area contributed by atoms with E-state index in [0.29, 0.717) is 38.2 Å². The molecule has 3 unspecified atom stereocenters. The molecule has 47 heavy (non-hydrogen) atoms. The molecule has 0 radical (unpaired) electrons. The summed E-state index contributed by atoms with van der Waals surface area (Å²) >= 11 is 2.15. The Morgan fingerprint density at radius 1 is 0.894 bits per heavy atom. The maximum atomic E-state index is 14.2. The van der Waals surface area contributed by atoms with Gasteiger partial charge in [0.2, 0.25) is 11.8 Å². The molecule has 236 valence electrons. The van der Waals surface area contributed by atoms with Gasteiger partial charge in [0.05, 0.1) is 28.8 Å². The molecule has 1 saturated heterocycles. The SMILES string of the molecule is CCOC(=O)c1ccc(N2C(=O)C3Sc4[nH]c(=O)sc4C(c4ccccc4OCC(=O)Nc4cccc5ccccc45)C3C2=O)cc1. The van der Waals surface area contributed by atoms with E-state index in [-0.39, 0.29) is 24.0 Å². The van der Waals surface area contributed by atoms with Gasteiger partial charge in [0.1, 0.15) is 11.0 Å². The van der Waals surface area contributed by atoms with Gasteiger partial charge in [0.15, 0.2) is 6.61 Å². The lowest BCUT2D eigenvalue weighted by atomic mass is 9.82. The largest absolute Gasteiger partial charge is 0.483 e. The number of H-pyrrole nitrogens is 1. The fourth-order valence-electron chi connectivity index (χ4n) is 6.10. The summed E-state index contributed by atoms with van der Waals surface area (Å²) < 4.78 is 11.1. The summed E-state index contributed by atoms with van der Waals surface area (Å²) in [5.41, 5.74) is 1.87. The van der Waals surface area contributed by atoms with Crippen molar-refractivity contribution < 1.29 is 28.7 Å². The number of amides is 3. The van der Waals surface area contributed by atoms with Crippen molar-refractivity contribution in [1.82, 2.24) is 4.98 Å². The van der Waals surface area contributed by atoms with Gasteiger partial charge in [-0.2, -0.15) is 0 Å². The molecule has 1 fully saturated rings. The molecular weight excluding hydrogens is 639 g/mol. The lowest BCUT2D eigenvalue weighted by molar-refractivity contribution is -0.122. The van der Waals surface area contributed by atoms with Crippen LogP contribution in [-0.2, 0) is 19.1 Å². The topological polar surface area (TPSA) is 135 Å². The Morgan fingerprint density at radius 2 is 1.64 bits per heavy atom. The zero-order valence-electron chi connectivity index (χ0n) is 24.9. The van der Waals surface area contributed by atoms with E-state index in [1.165, 1.54) is 12.1 Å². The highest BCUT2D eigenvalue weighted by Crippen LogP contribution is 2.54. The van der Waals surface area contributed by atoms with Crippen molar-refractivity contribution in [3.8, 4) is 5.75 Å². The number of anilines is 2. The summed E-state index contributed by atoms with van der Waals surface area (Å²) in [5.74, 6) is -2.92. The van der Waals surface area contributed by atoms with Crippen molar-refractivity contribution in [2.75, 3.05) is 23.4 Å². The van der Waals surface area contributed by atoms with Crippen LogP contribution < -0.4 is 19.8 Å². The highest BCUT2D eigenvalue weighted by atomic mass is 32.2. The minimum atomic E-state index is -0.856. The first-order chi connectivity index (χ1) is 22.8. The molecule has 3 atom stereocenters. The van der Waals surface area contributed by atoms with Gasteiger partial charge in [0, 0.05) is 27.4 Å². The average molecular weight is 666 g/mol. The zero-order valence-corrected chi connectivity index (χ0v) is 26.6. The minimum absolute atomic E-state index is 0.220. The van der Waals surface area contributed by atoms with Crippen LogP contribution in [-0.4, -0.2) is 47.1 Å². The molecule has 0 spiro atoms. The molecule has 4 aromatic carbocycles. The number of imide groups is 1. The van der Waals surface area contributed by atoms with E-state index in [2.05, 4.69) is 10.3 Å². The number of esters is 1.